The third-order valence-corrected chi connectivity index (χ3v) is 4.21. The number of nitro benzene ring substituents is 1. The summed E-state index contributed by atoms with van der Waals surface area (Å²) in [6.07, 6.45) is 0.286. The maximum Gasteiger partial charge on any atom is 0.305 e. The van der Waals surface area contributed by atoms with Crippen molar-refractivity contribution in [3.05, 3.63) is 34.1 Å². The normalized spacial score (nSPS) is 11.3. The smallest absolute Gasteiger partial charge is 0.305 e. The van der Waals surface area contributed by atoms with Crippen molar-refractivity contribution < 1.29 is 22.5 Å². The summed E-state index contributed by atoms with van der Waals surface area (Å²) in [5, 5.41) is 10.4. The summed E-state index contributed by atoms with van der Waals surface area (Å²) in [6.45, 7) is 1.67. The Hall–Kier alpha value is -1.70. The third kappa shape index (κ3) is 4.82. The number of rotatable bonds is 7. The van der Waals surface area contributed by atoms with Crippen molar-refractivity contribution in [3.63, 3.8) is 0 Å². The molecule has 1 aromatic rings. The van der Waals surface area contributed by atoms with E-state index in [-0.39, 0.29) is 30.3 Å². The molecule has 0 saturated carbocycles. The van der Waals surface area contributed by atoms with Gasteiger partial charge >= 0.3 is 5.69 Å². The van der Waals surface area contributed by atoms with Crippen LogP contribution in [-0.2, 0) is 9.84 Å². The van der Waals surface area contributed by atoms with Gasteiger partial charge in [0, 0.05) is 17.9 Å². The number of hydrogen-bond donors (Lipinski definition) is 0. The topological polar surface area (TPSA) is 86.5 Å². The molecule has 0 aromatic heterocycles. The van der Waals surface area contributed by atoms with E-state index in [4.69, 9.17) is 4.74 Å². The molecule has 0 heterocycles. The Morgan fingerprint density at radius 2 is 2.11 bits per heavy atom. The van der Waals surface area contributed by atoms with E-state index in [1.165, 1.54) is 6.07 Å². The molecule has 1 aromatic carbocycles. The quantitative estimate of drug-likeness (QED) is 0.435. The second kappa shape index (κ2) is 6.46. The number of nitrogens with zero attached hydrogens (tertiary/aromatic N) is 1. The molecular formula is C11H14FNO5S. The molecule has 0 aliphatic carbocycles. The molecule has 8 heteroatoms. The lowest BCUT2D eigenvalue weighted by Gasteiger charge is -2.06. The van der Waals surface area contributed by atoms with Crippen LogP contribution in [0.3, 0.4) is 0 Å². The molecule has 6 nitrogen and oxygen atoms in total. The first-order chi connectivity index (χ1) is 8.85. The monoisotopic (exact) mass is 291 g/mol. The third-order valence-electron chi connectivity index (χ3n) is 2.42. The molecule has 0 aliphatic heterocycles. The largest absolute Gasteiger partial charge is 0.493 e. The molecule has 0 N–H and O–H groups in total. The van der Waals surface area contributed by atoms with Crippen LogP contribution in [0.1, 0.15) is 13.3 Å². The van der Waals surface area contributed by atoms with Crippen LogP contribution in [0.25, 0.3) is 0 Å². The number of halogens is 1. The van der Waals surface area contributed by atoms with Gasteiger partial charge in [-0.05, 0) is 12.5 Å². The minimum absolute atomic E-state index is 0.00103. The lowest BCUT2D eigenvalue weighted by molar-refractivity contribution is -0.387. The molecule has 0 atom stereocenters. The summed E-state index contributed by atoms with van der Waals surface area (Å²) in [4.78, 5) is 9.57. The van der Waals surface area contributed by atoms with E-state index in [9.17, 15) is 22.9 Å². The molecule has 19 heavy (non-hydrogen) atoms. The van der Waals surface area contributed by atoms with Gasteiger partial charge in [-0.2, -0.15) is 4.39 Å². The van der Waals surface area contributed by atoms with E-state index >= 15 is 0 Å². The molecule has 0 amide bonds. The van der Waals surface area contributed by atoms with Gasteiger partial charge < -0.3 is 4.74 Å². The summed E-state index contributed by atoms with van der Waals surface area (Å²) in [5.74, 6) is -0.779. The Morgan fingerprint density at radius 3 is 2.63 bits per heavy atom. The number of benzene rings is 1. The summed E-state index contributed by atoms with van der Waals surface area (Å²) in [6, 6.07) is 3.19. The van der Waals surface area contributed by atoms with Gasteiger partial charge in [0.05, 0.1) is 17.3 Å². The fourth-order valence-corrected chi connectivity index (χ4v) is 2.19. The molecule has 0 bridgehead atoms. The standard InChI is InChI=1S/C11H14FNO5S/c1-2-19(16,17)7-3-6-18-9-4-5-11(13(14)15)10(12)8-9/h4-5,8H,2-3,6-7H2,1H3. The predicted octanol–water partition coefficient (Wildman–Crippen LogP) is 1.94. The van der Waals surface area contributed by atoms with Gasteiger partial charge in [-0.15, -0.1) is 0 Å². The lowest BCUT2D eigenvalue weighted by atomic mass is 10.3. The molecule has 106 valence electrons. The van der Waals surface area contributed by atoms with Crippen molar-refractivity contribution in [2.75, 3.05) is 18.1 Å². The van der Waals surface area contributed by atoms with Crippen LogP contribution in [0.2, 0.25) is 0 Å². The highest BCUT2D eigenvalue weighted by molar-refractivity contribution is 7.91. The fraction of sp³-hybridized carbons (Fsp3) is 0.455. The van der Waals surface area contributed by atoms with Gasteiger partial charge in [0.1, 0.15) is 15.6 Å². The zero-order valence-corrected chi connectivity index (χ0v) is 11.2. The number of hydrogen-bond acceptors (Lipinski definition) is 5. The maximum atomic E-state index is 13.2. The zero-order valence-electron chi connectivity index (χ0n) is 10.3. The molecule has 0 radical (unpaired) electrons. The van der Waals surface area contributed by atoms with E-state index in [1.807, 2.05) is 0 Å². The Balaban J connectivity index is 2.51. The van der Waals surface area contributed by atoms with E-state index in [1.54, 1.807) is 6.92 Å². The maximum absolute atomic E-state index is 13.2. The average molecular weight is 291 g/mol. The summed E-state index contributed by atoms with van der Waals surface area (Å²) in [5.41, 5.74) is -0.624. The zero-order chi connectivity index (χ0) is 14.5. The highest BCUT2D eigenvalue weighted by Crippen LogP contribution is 2.22. The van der Waals surface area contributed by atoms with Gasteiger partial charge in [0.25, 0.3) is 0 Å². The Morgan fingerprint density at radius 1 is 1.42 bits per heavy atom. The second-order valence-corrected chi connectivity index (χ2v) is 6.28. The summed E-state index contributed by atoms with van der Waals surface area (Å²) in [7, 11) is -3.04. The summed E-state index contributed by atoms with van der Waals surface area (Å²) >= 11 is 0. The highest BCUT2D eigenvalue weighted by Gasteiger charge is 2.14. The molecule has 0 unspecified atom stereocenters. The van der Waals surface area contributed by atoms with E-state index < -0.39 is 26.3 Å². The average Bonchev–Trinajstić information content (AvgIpc) is 2.34. The fourth-order valence-electron chi connectivity index (χ4n) is 1.34. The molecule has 0 aliphatic rings. The molecule has 0 saturated heterocycles. The summed E-state index contributed by atoms with van der Waals surface area (Å²) < 4.78 is 40.8. The Labute approximate surface area is 110 Å². The van der Waals surface area contributed by atoms with Crippen molar-refractivity contribution in [1.82, 2.24) is 0 Å². The van der Waals surface area contributed by atoms with E-state index in [2.05, 4.69) is 0 Å². The van der Waals surface area contributed by atoms with Crippen LogP contribution in [0.5, 0.6) is 5.75 Å². The molecule has 1 rings (SSSR count). The first kappa shape index (κ1) is 15.4. The van der Waals surface area contributed by atoms with Crippen molar-refractivity contribution in [2.45, 2.75) is 13.3 Å². The van der Waals surface area contributed by atoms with Crippen LogP contribution >= 0.6 is 0 Å². The van der Waals surface area contributed by atoms with Crippen molar-refractivity contribution in [1.29, 1.82) is 0 Å². The molecular weight excluding hydrogens is 277 g/mol. The van der Waals surface area contributed by atoms with Gasteiger partial charge in [0.15, 0.2) is 0 Å². The minimum atomic E-state index is -3.04. The van der Waals surface area contributed by atoms with Gasteiger partial charge in [-0.25, -0.2) is 8.42 Å². The van der Waals surface area contributed by atoms with Crippen molar-refractivity contribution in [3.8, 4) is 5.75 Å². The Bertz CT molecular complexity index is 558. The SMILES string of the molecule is CCS(=O)(=O)CCCOc1ccc([N+](=O)[O-])c(F)c1. The van der Waals surface area contributed by atoms with Crippen LogP contribution in [0.15, 0.2) is 18.2 Å². The van der Waals surface area contributed by atoms with Crippen LogP contribution in [0.4, 0.5) is 10.1 Å². The lowest BCUT2D eigenvalue weighted by Crippen LogP contribution is -2.11. The van der Waals surface area contributed by atoms with Crippen LogP contribution in [0, 0.1) is 15.9 Å². The highest BCUT2D eigenvalue weighted by atomic mass is 32.2. The van der Waals surface area contributed by atoms with Crippen LogP contribution < -0.4 is 4.74 Å². The first-order valence-corrected chi connectivity index (χ1v) is 7.45. The second-order valence-electron chi connectivity index (χ2n) is 3.81. The minimum Gasteiger partial charge on any atom is -0.493 e. The molecule has 0 spiro atoms. The predicted molar refractivity (Wildman–Crippen MR) is 67.5 cm³/mol. The Kier molecular flexibility index (Phi) is 5.22. The van der Waals surface area contributed by atoms with Crippen molar-refractivity contribution in [2.24, 2.45) is 0 Å². The number of ether oxygens (including phenoxy) is 1. The van der Waals surface area contributed by atoms with Crippen LogP contribution in [-0.4, -0.2) is 31.5 Å². The van der Waals surface area contributed by atoms with E-state index in [0.29, 0.717) is 0 Å². The van der Waals surface area contributed by atoms with E-state index in [0.717, 1.165) is 12.1 Å². The molecule has 0 fully saturated rings. The first-order valence-electron chi connectivity index (χ1n) is 5.63. The number of nitro groups is 1. The van der Waals surface area contributed by atoms with Gasteiger partial charge in [0.2, 0.25) is 5.82 Å². The van der Waals surface area contributed by atoms with Gasteiger partial charge in [-0.3, -0.25) is 10.1 Å². The van der Waals surface area contributed by atoms with Crippen molar-refractivity contribution >= 4 is 15.5 Å². The number of sulfone groups is 1. The van der Waals surface area contributed by atoms with Gasteiger partial charge in [-0.1, -0.05) is 6.92 Å².